The molecule has 0 aliphatic carbocycles. The van der Waals surface area contributed by atoms with Crippen molar-refractivity contribution in [2.75, 3.05) is 11.3 Å². The number of nitrogens with one attached hydrogen (secondary N) is 3. The van der Waals surface area contributed by atoms with E-state index < -0.39 is 10.2 Å². The average Bonchev–Trinajstić information content (AvgIpc) is 2.53. The van der Waals surface area contributed by atoms with Crippen LogP contribution in [0.2, 0.25) is 0 Å². The fourth-order valence-electron chi connectivity index (χ4n) is 0.770. The van der Waals surface area contributed by atoms with Crippen LogP contribution in [-0.4, -0.2) is 25.2 Å². The second-order valence-electron chi connectivity index (χ2n) is 3.32. The molecule has 0 saturated carbocycles. The van der Waals surface area contributed by atoms with Gasteiger partial charge >= 0.3 is 0 Å². The van der Waals surface area contributed by atoms with Gasteiger partial charge < -0.3 is 0 Å². The van der Waals surface area contributed by atoms with Gasteiger partial charge in [0.25, 0.3) is 10.2 Å². The molecule has 7 heteroatoms. The fraction of sp³-hybridized carbons (Fsp3) is 0.571. The summed E-state index contributed by atoms with van der Waals surface area (Å²) in [6, 6.07) is 1.54. The molecule has 0 atom stereocenters. The number of hydrogen-bond donors (Lipinski definition) is 3. The zero-order valence-corrected chi connectivity index (χ0v) is 8.93. The molecule has 0 saturated heterocycles. The zero-order valence-electron chi connectivity index (χ0n) is 8.11. The van der Waals surface area contributed by atoms with Gasteiger partial charge in [0.05, 0.1) is 6.20 Å². The minimum atomic E-state index is -3.47. The highest BCUT2D eigenvalue weighted by Gasteiger charge is 2.10. The predicted molar refractivity (Wildman–Crippen MR) is 54.0 cm³/mol. The van der Waals surface area contributed by atoms with Crippen molar-refractivity contribution < 1.29 is 8.42 Å². The van der Waals surface area contributed by atoms with E-state index in [1.807, 2.05) is 13.8 Å². The minimum Gasteiger partial charge on any atom is -0.262 e. The lowest BCUT2D eigenvalue weighted by molar-refractivity contribution is 0.564. The van der Waals surface area contributed by atoms with Gasteiger partial charge in [-0.25, -0.2) is 0 Å². The van der Waals surface area contributed by atoms with Crippen LogP contribution in [0, 0.1) is 5.92 Å². The summed E-state index contributed by atoms with van der Waals surface area (Å²) in [5.74, 6) is 0.620. The summed E-state index contributed by atoms with van der Waals surface area (Å²) in [5.41, 5.74) is 0. The number of anilines is 1. The first-order chi connectivity index (χ1) is 6.49. The molecule has 14 heavy (non-hydrogen) atoms. The van der Waals surface area contributed by atoms with Crippen LogP contribution in [0.3, 0.4) is 0 Å². The molecule has 1 aromatic rings. The molecule has 0 aliphatic heterocycles. The second-order valence-corrected chi connectivity index (χ2v) is 4.82. The Morgan fingerprint density at radius 3 is 2.79 bits per heavy atom. The Morgan fingerprint density at radius 2 is 2.29 bits per heavy atom. The highest BCUT2D eigenvalue weighted by atomic mass is 32.2. The second kappa shape index (κ2) is 4.43. The van der Waals surface area contributed by atoms with E-state index in [1.54, 1.807) is 0 Å². The highest BCUT2D eigenvalue weighted by molar-refractivity contribution is 7.90. The van der Waals surface area contributed by atoms with Crippen molar-refractivity contribution in [2.45, 2.75) is 13.8 Å². The molecule has 0 unspecified atom stereocenters. The Labute approximate surface area is 83.3 Å². The molecule has 0 bridgehead atoms. The lowest BCUT2D eigenvalue weighted by Crippen LogP contribution is -2.32. The Bertz CT molecular complexity index is 357. The Hall–Kier alpha value is -1.08. The van der Waals surface area contributed by atoms with Gasteiger partial charge in [-0.1, -0.05) is 13.8 Å². The summed E-state index contributed by atoms with van der Waals surface area (Å²) in [5, 5.41) is 6.12. The summed E-state index contributed by atoms with van der Waals surface area (Å²) in [4.78, 5) is 0. The van der Waals surface area contributed by atoms with E-state index in [4.69, 9.17) is 0 Å². The largest absolute Gasteiger partial charge is 0.300 e. The first kappa shape index (κ1) is 11.0. The van der Waals surface area contributed by atoms with E-state index in [1.165, 1.54) is 12.3 Å². The standard InChI is InChI=1S/C7H14N4O2S/c1-6(2)5-9-14(12,13)11-7-3-4-8-10-7/h3-4,6,9H,5H2,1-2H3,(H2,8,10,11). The van der Waals surface area contributed by atoms with Crippen molar-refractivity contribution in [2.24, 2.45) is 5.92 Å². The fourth-order valence-corrected chi connectivity index (χ4v) is 1.80. The van der Waals surface area contributed by atoms with Crippen LogP contribution >= 0.6 is 0 Å². The molecule has 0 spiro atoms. The molecule has 0 aliphatic rings. The Kier molecular flexibility index (Phi) is 3.48. The van der Waals surface area contributed by atoms with Crippen molar-refractivity contribution in [3.63, 3.8) is 0 Å². The van der Waals surface area contributed by atoms with E-state index in [0.717, 1.165) is 0 Å². The van der Waals surface area contributed by atoms with Crippen molar-refractivity contribution >= 4 is 16.0 Å². The maximum absolute atomic E-state index is 11.3. The van der Waals surface area contributed by atoms with Crippen molar-refractivity contribution in [3.05, 3.63) is 12.3 Å². The lowest BCUT2D eigenvalue weighted by atomic mass is 10.2. The maximum atomic E-state index is 11.3. The van der Waals surface area contributed by atoms with Crippen LogP contribution in [0.5, 0.6) is 0 Å². The smallest absolute Gasteiger partial charge is 0.262 e. The summed E-state index contributed by atoms with van der Waals surface area (Å²) >= 11 is 0. The van der Waals surface area contributed by atoms with Crippen LogP contribution in [0.25, 0.3) is 0 Å². The Morgan fingerprint density at radius 1 is 1.57 bits per heavy atom. The van der Waals surface area contributed by atoms with Crippen LogP contribution in [0.1, 0.15) is 13.8 Å². The van der Waals surface area contributed by atoms with E-state index in [-0.39, 0.29) is 5.92 Å². The maximum Gasteiger partial charge on any atom is 0.300 e. The van der Waals surface area contributed by atoms with Crippen LogP contribution in [0.4, 0.5) is 5.82 Å². The SMILES string of the molecule is CC(C)CNS(=O)(=O)Nc1ccn[nH]1. The molecule has 1 rings (SSSR count). The molecular weight excluding hydrogens is 204 g/mol. The molecule has 0 aromatic carbocycles. The van der Waals surface area contributed by atoms with Gasteiger partial charge in [0.2, 0.25) is 0 Å². The van der Waals surface area contributed by atoms with Gasteiger partial charge in [-0.15, -0.1) is 0 Å². The summed E-state index contributed by atoms with van der Waals surface area (Å²) in [7, 11) is -3.47. The topological polar surface area (TPSA) is 86.9 Å². The third-order valence-electron chi connectivity index (χ3n) is 1.43. The van der Waals surface area contributed by atoms with Crippen molar-refractivity contribution in [1.29, 1.82) is 0 Å². The number of aromatic nitrogens is 2. The van der Waals surface area contributed by atoms with Crippen molar-refractivity contribution in [1.82, 2.24) is 14.9 Å². The molecule has 0 amide bonds. The molecule has 0 fully saturated rings. The Balaban J connectivity index is 2.51. The molecular formula is C7H14N4O2S. The van der Waals surface area contributed by atoms with Crippen molar-refractivity contribution in [3.8, 4) is 0 Å². The van der Waals surface area contributed by atoms with E-state index >= 15 is 0 Å². The summed E-state index contributed by atoms with van der Waals surface area (Å²) in [6.45, 7) is 4.26. The summed E-state index contributed by atoms with van der Waals surface area (Å²) < 4.78 is 27.4. The molecule has 6 nitrogen and oxygen atoms in total. The number of rotatable bonds is 5. The molecule has 3 N–H and O–H groups in total. The van der Waals surface area contributed by atoms with Gasteiger partial charge in [0, 0.05) is 12.6 Å². The molecule has 0 radical (unpaired) electrons. The van der Waals surface area contributed by atoms with Gasteiger partial charge in [-0.2, -0.15) is 18.2 Å². The number of aromatic amines is 1. The number of nitrogens with zero attached hydrogens (tertiary/aromatic N) is 1. The first-order valence-corrected chi connectivity index (χ1v) is 5.75. The summed E-state index contributed by atoms with van der Waals surface area (Å²) in [6.07, 6.45) is 1.47. The van der Waals surface area contributed by atoms with Crippen LogP contribution in [0.15, 0.2) is 12.3 Å². The average molecular weight is 218 g/mol. The quantitative estimate of drug-likeness (QED) is 0.664. The van der Waals surface area contributed by atoms with Gasteiger partial charge in [0.1, 0.15) is 5.82 Å². The molecule has 1 aromatic heterocycles. The number of H-pyrrole nitrogens is 1. The van der Waals surface area contributed by atoms with E-state index in [9.17, 15) is 8.42 Å². The van der Waals surface area contributed by atoms with Crippen LogP contribution in [-0.2, 0) is 10.2 Å². The molecule has 1 heterocycles. The van der Waals surface area contributed by atoms with Gasteiger partial charge in [-0.05, 0) is 5.92 Å². The third-order valence-corrected chi connectivity index (χ3v) is 2.46. The van der Waals surface area contributed by atoms with E-state index in [0.29, 0.717) is 12.4 Å². The third kappa shape index (κ3) is 3.75. The normalized spacial score (nSPS) is 11.9. The minimum absolute atomic E-state index is 0.272. The van der Waals surface area contributed by atoms with Gasteiger partial charge in [-0.3, -0.25) is 9.82 Å². The zero-order chi connectivity index (χ0) is 10.6. The van der Waals surface area contributed by atoms with Gasteiger partial charge in [0.15, 0.2) is 0 Å². The highest BCUT2D eigenvalue weighted by Crippen LogP contribution is 2.01. The predicted octanol–water partition coefficient (Wildman–Crippen LogP) is 0.312. The lowest BCUT2D eigenvalue weighted by Gasteiger charge is -2.08. The molecule has 80 valence electrons. The monoisotopic (exact) mass is 218 g/mol. The van der Waals surface area contributed by atoms with E-state index in [2.05, 4.69) is 19.6 Å². The first-order valence-electron chi connectivity index (χ1n) is 4.26. The number of hydrogen-bond acceptors (Lipinski definition) is 3. The van der Waals surface area contributed by atoms with Crippen LogP contribution < -0.4 is 9.44 Å².